The second kappa shape index (κ2) is 5.46. The molecule has 74 valence electrons. The molecule has 3 N–H and O–H groups in total. The molecule has 1 heterocycles. The fourth-order valence-electron chi connectivity index (χ4n) is 0.726. The van der Waals surface area contributed by atoms with Crippen molar-refractivity contribution in [2.75, 3.05) is 5.88 Å². The molecule has 7 heteroatoms. The molecule has 1 aromatic heterocycles. The molecule has 0 aliphatic rings. The molecule has 0 radical (unpaired) electrons. The van der Waals surface area contributed by atoms with Gasteiger partial charge in [0.25, 0.3) is 0 Å². The molecule has 0 unspecified atom stereocenters. The van der Waals surface area contributed by atoms with Crippen molar-refractivity contribution in [1.82, 2.24) is 15.4 Å². The maximum atomic E-state index is 5.66. The number of rotatable bonds is 3. The van der Waals surface area contributed by atoms with Crippen LogP contribution in [0.15, 0.2) is 23.7 Å². The number of halogens is 1. The molecule has 0 bridgehead atoms. The summed E-state index contributed by atoms with van der Waals surface area (Å²) in [5.74, 6) is 0.203. The van der Waals surface area contributed by atoms with E-state index in [0.717, 1.165) is 0 Å². The highest BCUT2D eigenvalue weighted by Gasteiger charge is 2.03. The quantitative estimate of drug-likeness (QED) is 0.336. The zero-order valence-electron chi connectivity index (χ0n) is 7.14. The fraction of sp³-hybridized carbons (Fsp3) is 0.143. The van der Waals surface area contributed by atoms with E-state index >= 15 is 0 Å². The van der Waals surface area contributed by atoms with E-state index in [0.29, 0.717) is 11.4 Å². The molecule has 1 aromatic rings. The Morgan fingerprint density at radius 1 is 1.64 bits per heavy atom. The van der Waals surface area contributed by atoms with Gasteiger partial charge in [-0.15, -0.1) is 11.6 Å². The summed E-state index contributed by atoms with van der Waals surface area (Å²) in [4.78, 5) is 7.91. The van der Waals surface area contributed by atoms with Crippen LogP contribution in [0.2, 0.25) is 0 Å². The first-order valence-electron chi connectivity index (χ1n) is 3.68. The van der Waals surface area contributed by atoms with Crippen LogP contribution in [0.3, 0.4) is 0 Å². The van der Waals surface area contributed by atoms with Gasteiger partial charge in [-0.1, -0.05) is 0 Å². The Morgan fingerprint density at radius 3 is 2.93 bits per heavy atom. The highest BCUT2D eigenvalue weighted by molar-refractivity contribution is 7.80. The lowest BCUT2D eigenvalue weighted by Gasteiger charge is -2.01. The second-order valence-electron chi connectivity index (χ2n) is 2.26. The summed E-state index contributed by atoms with van der Waals surface area (Å²) in [6.07, 6.45) is 4.68. The lowest BCUT2D eigenvalue weighted by Crippen LogP contribution is -2.26. The van der Waals surface area contributed by atoms with Crippen LogP contribution in [0.1, 0.15) is 5.69 Å². The lowest BCUT2D eigenvalue weighted by molar-refractivity contribution is 1.02. The van der Waals surface area contributed by atoms with E-state index in [1.807, 2.05) is 0 Å². The molecule has 0 aromatic carbocycles. The molecule has 0 saturated heterocycles. The Morgan fingerprint density at radius 2 is 2.43 bits per heavy atom. The van der Waals surface area contributed by atoms with Gasteiger partial charge in [0.15, 0.2) is 5.11 Å². The summed E-state index contributed by atoms with van der Waals surface area (Å²) < 4.78 is 0. The van der Waals surface area contributed by atoms with Crippen molar-refractivity contribution >= 4 is 34.6 Å². The molecule has 14 heavy (non-hydrogen) atoms. The van der Waals surface area contributed by atoms with E-state index in [1.54, 1.807) is 18.6 Å². The summed E-state index contributed by atoms with van der Waals surface area (Å²) in [7, 11) is 0. The molecule has 5 nitrogen and oxygen atoms in total. The van der Waals surface area contributed by atoms with E-state index in [4.69, 9.17) is 17.3 Å². The third-order valence-corrected chi connectivity index (χ3v) is 1.63. The Balaban J connectivity index is 2.82. The molecule has 1 rings (SSSR count). The lowest BCUT2D eigenvalue weighted by atomic mass is 10.3. The third-order valence-electron chi connectivity index (χ3n) is 1.29. The predicted octanol–water partition coefficient (Wildman–Crippen LogP) is 0.253. The van der Waals surface area contributed by atoms with Gasteiger partial charge in [0.1, 0.15) is 11.4 Å². The summed E-state index contributed by atoms with van der Waals surface area (Å²) in [6.45, 7) is 0. The molecule has 0 aliphatic carbocycles. The summed E-state index contributed by atoms with van der Waals surface area (Å²) >= 11 is 10.3. The van der Waals surface area contributed by atoms with Gasteiger partial charge in [0.05, 0.1) is 12.1 Å². The van der Waals surface area contributed by atoms with Gasteiger partial charge in [0.2, 0.25) is 0 Å². The van der Waals surface area contributed by atoms with Crippen molar-refractivity contribution in [3.05, 3.63) is 24.3 Å². The van der Waals surface area contributed by atoms with E-state index in [-0.39, 0.29) is 11.0 Å². The number of hydrazone groups is 1. The minimum absolute atomic E-state index is 0.0801. The van der Waals surface area contributed by atoms with Gasteiger partial charge in [-0.2, -0.15) is 5.10 Å². The van der Waals surface area contributed by atoms with Crippen LogP contribution >= 0.6 is 23.8 Å². The molecule has 0 spiro atoms. The van der Waals surface area contributed by atoms with Gasteiger partial charge in [-0.25, -0.2) is 0 Å². The third kappa shape index (κ3) is 3.23. The van der Waals surface area contributed by atoms with Crippen molar-refractivity contribution < 1.29 is 0 Å². The van der Waals surface area contributed by atoms with Gasteiger partial charge >= 0.3 is 0 Å². The van der Waals surface area contributed by atoms with E-state index in [1.165, 1.54) is 0 Å². The first kappa shape index (κ1) is 10.8. The highest BCUT2D eigenvalue weighted by atomic mass is 35.5. The predicted molar refractivity (Wildman–Crippen MR) is 59.2 cm³/mol. The van der Waals surface area contributed by atoms with Crippen LogP contribution < -0.4 is 11.2 Å². The number of thiocarbonyl (C=S) groups is 1. The number of hydrogen-bond donors (Lipinski definition) is 2. The molecular weight excluding hydrogens is 222 g/mol. The molecule has 0 saturated carbocycles. The minimum Gasteiger partial charge on any atom is -0.375 e. The molecular formula is C7H8ClN5S. The van der Waals surface area contributed by atoms with Crippen LogP contribution in [0.5, 0.6) is 0 Å². The largest absolute Gasteiger partial charge is 0.375 e. The summed E-state index contributed by atoms with van der Waals surface area (Å²) in [5.41, 5.74) is 8.77. The van der Waals surface area contributed by atoms with Crippen molar-refractivity contribution in [1.29, 1.82) is 0 Å². The van der Waals surface area contributed by atoms with Crippen LogP contribution in [-0.2, 0) is 0 Å². The van der Waals surface area contributed by atoms with Gasteiger partial charge < -0.3 is 5.73 Å². The minimum atomic E-state index is 0.0801. The zero-order chi connectivity index (χ0) is 10.4. The van der Waals surface area contributed by atoms with Crippen molar-refractivity contribution in [2.24, 2.45) is 10.8 Å². The first-order chi connectivity index (χ1) is 6.74. The van der Waals surface area contributed by atoms with Crippen LogP contribution in [0, 0.1) is 0 Å². The normalized spacial score (nSPS) is 11.1. The van der Waals surface area contributed by atoms with Crippen molar-refractivity contribution in [2.45, 2.75) is 0 Å². The maximum absolute atomic E-state index is 5.66. The van der Waals surface area contributed by atoms with Gasteiger partial charge in [-0.05, 0) is 12.2 Å². The van der Waals surface area contributed by atoms with Gasteiger partial charge in [-0.3, -0.25) is 15.4 Å². The van der Waals surface area contributed by atoms with Crippen molar-refractivity contribution in [3.8, 4) is 0 Å². The van der Waals surface area contributed by atoms with Gasteiger partial charge in [0, 0.05) is 12.4 Å². The monoisotopic (exact) mass is 229 g/mol. The number of nitrogens with one attached hydrogen (secondary N) is 1. The summed E-state index contributed by atoms with van der Waals surface area (Å²) in [6, 6.07) is 0. The fourth-order valence-corrected chi connectivity index (χ4v) is 0.969. The van der Waals surface area contributed by atoms with E-state index in [9.17, 15) is 0 Å². The van der Waals surface area contributed by atoms with Crippen molar-refractivity contribution in [3.63, 3.8) is 0 Å². The number of aromatic nitrogens is 2. The maximum Gasteiger partial charge on any atom is 0.184 e. The van der Waals surface area contributed by atoms with Crippen LogP contribution in [-0.4, -0.2) is 26.7 Å². The number of hydrogen-bond acceptors (Lipinski definition) is 4. The topological polar surface area (TPSA) is 76.2 Å². The van der Waals surface area contributed by atoms with E-state index < -0.39 is 0 Å². The zero-order valence-corrected chi connectivity index (χ0v) is 8.72. The average molecular weight is 230 g/mol. The number of nitrogens with zero attached hydrogens (tertiary/aromatic N) is 3. The summed E-state index contributed by atoms with van der Waals surface area (Å²) in [5, 5.41) is 3.96. The van der Waals surface area contributed by atoms with E-state index in [2.05, 4.69) is 32.7 Å². The van der Waals surface area contributed by atoms with Crippen LogP contribution in [0.25, 0.3) is 0 Å². The average Bonchev–Trinajstić information content (AvgIpc) is 2.20. The molecule has 0 atom stereocenters. The Labute approximate surface area is 91.4 Å². The number of alkyl halides is 1. The Hall–Kier alpha value is -1.27. The second-order valence-corrected chi connectivity index (χ2v) is 2.97. The standard InChI is InChI=1S/C7H8ClN5S/c8-3-5(12-13-7(9)14)6-4-10-1-2-11-6/h1-2,4H,3H2,(H3,9,13,14)/b12-5+. The molecule has 0 fully saturated rings. The first-order valence-corrected chi connectivity index (χ1v) is 4.62. The highest BCUT2D eigenvalue weighted by Crippen LogP contribution is 1.96. The van der Waals surface area contributed by atoms with Crippen LogP contribution in [0.4, 0.5) is 0 Å². The Kier molecular flexibility index (Phi) is 4.21. The molecule has 0 amide bonds. The number of nitrogens with two attached hydrogens (primary N) is 1. The molecule has 0 aliphatic heterocycles. The SMILES string of the molecule is NC(=S)N/N=C(\CCl)c1cnccn1. The Bertz CT molecular complexity index is 339. The smallest absolute Gasteiger partial charge is 0.184 e.